The van der Waals surface area contributed by atoms with Crippen molar-refractivity contribution in [2.75, 3.05) is 7.05 Å². The van der Waals surface area contributed by atoms with Gasteiger partial charge in [-0.05, 0) is 52.2 Å². The molecule has 4 aromatic rings. The predicted molar refractivity (Wildman–Crippen MR) is 171 cm³/mol. The highest BCUT2D eigenvalue weighted by molar-refractivity contribution is 7.92. The fourth-order valence-electron chi connectivity index (χ4n) is 4.40. The number of carbonyl (C=O) groups is 1. The van der Waals surface area contributed by atoms with Gasteiger partial charge in [-0.1, -0.05) is 41.6 Å². The highest BCUT2D eigenvalue weighted by Gasteiger charge is 2.54. The lowest BCUT2D eigenvalue weighted by Gasteiger charge is -2.24. The van der Waals surface area contributed by atoms with Crippen LogP contribution in [-0.2, 0) is 36.1 Å². The zero-order valence-corrected chi connectivity index (χ0v) is 26.1. The van der Waals surface area contributed by atoms with Crippen molar-refractivity contribution < 1.29 is 38.6 Å². The molecule has 2 aliphatic rings. The maximum Gasteiger partial charge on any atom is 0.474 e. The fraction of sp³-hybridized carbons (Fsp3) is 0.323. The van der Waals surface area contributed by atoms with Crippen LogP contribution in [0.4, 0.5) is 4.79 Å². The molecule has 2 aliphatic heterocycles. The third-order valence-electron chi connectivity index (χ3n) is 6.84. The summed E-state index contributed by atoms with van der Waals surface area (Å²) in [6, 6.07) is 14.2. The smallest absolute Gasteiger partial charge is 0.474 e. The van der Waals surface area contributed by atoms with Crippen molar-refractivity contribution in [2.45, 2.75) is 62.4 Å². The lowest BCUT2D eigenvalue weighted by Crippen LogP contribution is -2.33. The van der Waals surface area contributed by atoms with E-state index in [0.29, 0.717) is 29.3 Å². The average molecular weight is 644 g/mol. The lowest BCUT2D eigenvalue weighted by molar-refractivity contribution is 0.0285. The van der Waals surface area contributed by atoms with Gasteiger partial charge in [0.25, 0.3) is 0 Å². The normalized spacial score (nSPS) is 20.0. The van der Waals surface area contributed by atoms with Crippen LogP contribution in [0.1, 0.15) is 52.6 Å². The van der Waals surface area contributed by atoms with Gasteiger partial charge in [0, 0.05) is 37.6 Å². The summed E-state index contributed by atoms with van der Waals surface area (Å²) in [5.74, 6) is 0.572. The maximum atomic E-state index is 13.2. The molecular weight excluding hydrogens is 608 g/mol. The Morgan fingerprint density at radius 3 is 2.39 bits per heavy atom. The molecule has 2 fully saturated rings. The number of rotatable bonds is 9. The second kappa shape index (κ2) is 11.7. The molecule has 0 aliphatic carbocycles. The Morgan fingerprint density at radius 1 is 1.13 bits per heavy atom. The molecule has 12 nitrogen and oxygen atoms in total. The second-order valence-electron chi connectivity index (χ2n) is 11.6. The molecule has 2 aromatic heterocycles. The first kappa shape index (κ1) is 25.7. The van der Waals surface area contributed by atoms with Gasteiger partial charge in [0.2, 0.25) is 0 Å². The van der Waals surface area contributed by atoms with Crippen LogP contribution in [0.15, 0.2) is 75.2 Å². The number of ether oxygens (including phenoxy) is 1. The number of carbonyl (C=O) groups excluding carboxylic acids is 1. The van der Waals surface area contributed by atoms with Gasteiger partial charge in [0.15, 0.2) is 27.0 Å². The van der Waals surface area contributed by atoms with Crippen LogP contribution in [0.2, 0.25) is 0 Å². The molecular formula is C31H31B2N5O7S. The number of hydrogen-bond donors (Lipinski definition) is 0. The van der Waals surface area contributed by atoms with Crippen LogP contribution in [0.25, 0.3) is 34.0 Å². The number of nitrogens with zero attached hydrogens (tertiary/aromatic N) is 5. The molecule has 4 heterocycles. The second-order valence-corrected chi connectivity index (χ2v) is 13.6. The van der Waals surface area contributed by atoms with Crippen LogP contribution in [0.3, 0.4) is 0 Å². The monoisotopic (exact) mass is 644 g/mol. The minimum absolute atomic E-state index is 0.222. The number of sulfone groups is 1. The van der Waals surface area contributed by atoms with E-state index in [1.54, 1.807) is 33.9 Å². The van der Waals surface area contributed by atoms with Crippen LogP contribution < -0.4 is 0 Å². The molecule has 6 rings (SSSR count). The molecule has 2 aromatic carbocycles. The Labute approximate surface area is 275 Å². The first-order valence-corrected chi connectivity index (χ1v) is 15.5. The van der Waals surface area contributed by atoms with E-state index in [1.165, 1.54) is 50.3 Å². The molecule has 2 saturated heterocycles. The molecule has 15 heteroatoms. The topological polar surface area (TPSA) is 153 Å². The predicted octanol–water partition coefficient (Wildman–Crippen LogP) is 4.78. The minimum atomic E-state index is -4.73. The van der Waals surface area contributed by atoms with E-state index >= 15 is 0 Å². The summed E-state index contributed by atoms with van der Waals surface area (Å²) in [6.45, 7) is 1.14. The van der Waals surface area contributed by atoms with E-state index in [9.17, 15) is 13.2 Å². The van der Waals surface area contributed by atoms with Crippen molar-refractivity contribution in [3.8, 4) is 34.0 Å². The van der Waals surface area contributed by atoms with Gasteiger partial charge in [-0.25, -0.2) is 23.2 Å². The van der Waals surface area contributed by atoms with E-state index in [1.807, 2.05) is 24.3 Å². The minimum Gasteiger partial charge on any atom is -0.549 e. The quantitative estimate of drug-likeness (QED) is 0.184. The van der Waals surface area contributed by atoms with Gasteiger partial charge in [0.05, 0.1) is 22.0 Å². The zero-order valence-electron chi connectivity index (χ0n) is 30.3. The Balaban J connectivity index is 1.30. The first-order valence-electron chi connectivity index (χ1n) is 16.8. The molecule has 0 saturated carbocycles. The fourth-order valence-corrected chi connectivity index (χ4v) is 5.17. The number of aromatic nitrogens is 3. The van der Waals surface area contributed by atoms with Crippen LogP contribution in [-0.4, -0.2) is 73.2 Å². The average Bonchev–Trinajstić information content (AvgIpc) is 4.01. The van der Waals surface area contributed by atoms with Crippen molar-refractivity contribution >= 4 is 36.7 Å². The summed E-state index contributed by atoms with van der Waals surface area (Å²) in [6.07, 6.45) is 0.996. The van der Waals surface area contributed by atoms with Crippen molar-refractivity contribution in [3.05, 3.63) is 72.1 Å². The van der Waals surface area contributed by atoms with Crippen molar-refractivity contribution in [1.29, 1.82) is 0 Å². The number of amides is 1. The van der Waals surface area contributed by atoms with E-state index in [4.69, 9.17) is 30.4 Å². The van der Waals surface area contributed by atoms with Gasteiger partial charge < -0.3 is 23.5 Å². The standard InChI is InChI=1S/C31H31B2N5O7S/c1-18(2)46(40,41)22-13-11-21(12-14-22)24-16-34-27(31(33-45-31)36-28-32-43-28)26(35-24)25-15-23(37-44-25)20-9-7-19(8-10-20)17-38(6)29(39)42-30(3,4)5/h7-16,18H,17H2,1-6H3/i1D2,2D2,18D. The summed E-state index contributed by atoms with van der Waals surface area (Å²) < 4.78 is 86.6. The van der Waals surface area contributed by atoms with E-state index in [-0.39, 0.29) is 17.1 Å². The Morgan fingerprint density at radius 2 is 1.78 bits per heavy atom. The third kappa shape index (κ3) is 6.70. The Hall–Kier alpha value is -4.49. The van der Waals surface area contributed by atoms with Gasteiger partial charge in [-0.15, -0.1) is 0 Å². The molecule has 1 unspecified atom stereocenters. The molecule has 0 bridgehead atoms. The van der Waals surface area contributed by atoms with Crippen molar-refractivity contribution in [2.24, 2.45) is 4.99 Å². The zero-order chi connectivity index (χ0) is 36.9. The Bertz CT molecular complexity index is 2080. The largest absolute Gasteiger partial charge is 0.549 e. The van der Waals surface area contributed by atoms with E-state index in [0.717, 1.165) is 11.1 Å². The number of hydrogen-bond acceptors (Lipinski definition) is 11. The first-order chi connectivity index (χ1) is 23.9. The van der Waals surface area contributed by atoms with Gasteiger partial charge in [-0.3, -0.25) is 4.98 Å². The molecule has 1 atom stereocenters. The van der Waals surface area contributed by atoms with E-state index < -0.39 is 51.0 Å². The van der Waals surface area contributed by atoms with Crippen LogP contribution in [0, 0.1) is 0 Å². The molecule has 234 valence electrons. The molecule has 1 amide bonds. The Kier molecular flexibility index (Phi) is 6.53. The summed E-state index contributed by atoms with van der Waals surface area (Å²) >= 11 is 0. The maximum absolute atomic E-state index is 13.2. The summed E-state index contributed by atoms with van der Waals surface area (Å²) in [4.78, 5) is 27.2. The number of benzene rings is 2. The van der Waals surface area contributed by atoms with Gasteiger partial charge >= 0.3 is 21.1 Å². The molecule has 46 heavy (non-hydrogen) atoms. The SMILES string of the molecule is [2H]C([2H])C([2H])(C([2H])[2H])S(=O)(=O)c1ccc(-c2cnc(C3(N=C4[B]O4)[B]O3)c(-c3cc(-c4ccc(CN(C)C(=O)OC(C)(C)C)cc4)no3)n2)cc1. The van der Waals surface area contributed by atoms with Crippen molar-refractivity contribution in [1.82, 2.24) is 20.0 Å². The van der Waals surface area contributed by atoms with Crippen LogP contribution in [0.5, 0.6) is 0 Å². The van der Waals surface area contributed by atoms with Gasteiger partial charge in [-0.2, -0.15) is 0 Å². The highest BCUT2D eigenvalue weighted by atomic mass is 32.2. The van der Waals surface area contributed by atoms with Gasteiger partial charge in [0.1, 0.15) is 22.7 Å². The van der Waals surface area contributed by atoms with Crippen molar-refractivity contribution in [3.63, 3.8) is 0 Å². The summed E-state index contributed by atoms with van der Waals surface area (Å²) in [5, 5.41) is 1.22. The number of aliphatic imine (C=N–C) groups is 1. The third-order valence-corrected chi connectivity index (χ3v) is 8.35. The molecule has 0 N–H and O–H groups in total. The highest BCUT2D eigenvalue weighted by Crippen LogP contribution is 2.43. The van der Waals surface area contributed by atoms with Crippen LogP contribution >= 0.6 is 0 Å². The van der Waals surface area contributed by atoms with E-state index in [2.05, 4.69) is 15.1 Å². The lowest BCUT2D eigenvalue weighted by atomic mass is 9.91. The summed E-state index contributed by atoms with van der Waals surface area (Å²) in [7, 11) is -0.181. The summed E-state index contributed by atoms with van der Waals surface area (Å²) in [5.41, 5.74) is 1.37. The molecule has 2 radical (unpaired) electrons. The molecule has 0 spiro atoms.